The van der Waals surface area contributed by atoms with Gasteiger partial charge in [-0.3, -0.25) is 4.90 Å². The van der Waals surface area contributed by atoms with E-state index in [2.05, 4.69) is 15.3 Å². The highest BCUT2D eigenvalue weighted by molar-refractivity contribution is 5.89. The van der Waals surface area contributed by atoms with Crippen molar-refractivity contribution in [3.05, 3.63) is 42.1 Å². The fourth-order valence-electron chi connectivity index (χ4n) is 2.87. The Morgan fingerprint density at radius 1 is 1.28 bits per heavy atom. The Labute approximate surface area is 146 Å². The molecule has 0 saturated carbocycles. The van der Waals surface area contributed by atoms with Crippen LogP contribution in [0.2, 0.25) is 0 Å². The third kappa shape index (κ3) is 3.50. The van der Waals surface area contributed by atoms with Gasteiger partial charge in [-0.2, -0.15) is 4.98 Å². The number of hydrogen-bond acceptors (Lipinski definition) is 6. The normalized spacial score (nSPS) is 18.3. The molecule has 1 aromatic carbocycles. The molecule has 1 aromatic heterocycles. The first-order valence-electron chi connectivity index (χ1n) is 8.31. The number of anilines is 2. The summed E-state index contributed by atoms with van der Waals surface area (Å²) < 4.78 is 5.17. The van der Waals surface area contributed by atoms with Crippen LogP contribution in [0.4, 0.5) is 16.6 Å². The van der Waals surface area contributed by atoms with E-state index in [0.717, 1.165) is 5.56 Å². The number of nitrogens with one attached hydrogen (secondary N) is 1. The monoisotopic (exact) mass is 342 g/mol. The molecular weight excluding hydrogens is 320 g/mol. The highest BCUT2D eigenvalue weighted by Crippen LogP contribution is 2.28. The van der Waals surface area contributed by atoms with E-state index in [0.29, 0.717) is 18.4 Å². The second kappa shape index (κ2) is 6.96. The lowest BCUT2D eigenvalue weighted by molar-refractivity contribution is 0.177. The number of benzene rings is 1. The molecule has 1 amide bonds. The summed E-state index contributed by atoms with van der Waals surface area (Å²) in [6.07, 6.45) is 1.21. The van der Waals surface area contributed by atoms with E-state index in [1.165, 1.54) is 0 Å². The van der Waals surface area contributed by atoms with Crippen LogP contribution in [-0.4, -0.2) is 33.8 Å². The van der Waals surface area contributed by atoms with E-state index in [9.17, 15) is 9.90 Å². The summed E-state index contributed by atoms with van der Waals surface area (Å²) in [6.45, 7) is 6.35. The van der Waals surface area contributed by atoms with E-state index in [1.54, 1.807) is 29.3 Å². The molecule has 7 heteroatoms. The van der Waals surface area contributed by atoms with Crippen LogP contribution >= 0.6 is 0 Å². The van der Waals surface area contributed by atoms with Gasteiger partial charge in [-0.15, -0.1) is 0 Å². The van der Waals surface area contributed by atoms with E-state index in [-0.39, 0.29) is 23.8 Å². The predicted octanol–water partition coefficient (Wildman–Crippen LogP) is 3.34. The topological polar surface area (TPSA) is 87.6 Å². The molecule has 0 radical (unpaired) electrons. The third-order valence-electron chi connectivity index (χ3n) is 4.31. The lowest BCUT2D eigenvalue weighted by Crippen LogP contribution is -2.37. The number of rotatable bonds is 5. The smallest absolute Gasteiger partial charge is 0.415 e. The van der Waals surface area contributed by atoms with Gasteiger partial charge in [-0.25, -0.2) is 9.78 Å². The fraction of sp³-hybridized carbons (Fsp3) is 0.389. The number of carbonyl (C=O) groups excluding carboxylic acids is 1. The molecule has 0 aliphatic carbocycles. The Kier molecular flexibility index (Phi) is 4.74. The van der Waals surface area contributed by atoms with Gasteiger partial charge < -0.3 is 15.2 Å². The van der Waals surface area contributed by atoms with Crippen molar-refractivity contribution in [2.75, 3.05) is 16.8 Å². The van der Waals surface area contributed by atoms with Gasteiger partial charge in [0.1, 0.15) is 18.2 Å². The van der Waals surface area contributed by atoms with E-state index >= 15 is 0 Å². The zero-order chi connectivity index (χ0) is 18.0. The first-order valence-corrected chi connectivity index (χ1v) is 8.31. The van der Waals surface area contributed by atoms with Crippen molar-refractivity contribution in [2.45, 2.75) is 32.9 Å². The molecule has 25 heavy (non-hydrogen) atoms. The molecule has 2 atom stereocenters. The standard InChI is InChI=1S/C18H22N4O3/c1-11(2)14-10-25-18(24)22(14)16-8-9-19-17(21-16)20-12(3)13-6-4-5-7-15(13)23/h4-9,11-12,14,23H,10H2,1-3H3,(H,19,20,21)/t12?,14-/m1/s1. The largest absolute Gasteiger partial charge is 0.508 e. The fourth-order valence-corrected chi connectivity index (χ4v) is 2.87. The highest BCUT2D eigenvalue weighted by atomic mass is 16.6. The number of nitrogens with zero attached hydrogens (tertiary/aromatic N) is 3. The van der Waals surface area contributed by atoms with Crippen LogP contribution in [0.1, 0.15) is 32.4 Å². The molecule has 1 aliphatic rings. The molecule has 2 N–H and O–H groups in total. The first kappa shape index (κ1) is 17.0. The number of amides is 1. The molecule has 0 bridgehead atoms. The van der Waals surface area contributed by atoms with Crippen LogP contribution < -0.4 is 10.2 Å². The minimum absolute atomic E-state index is 0.0501. The summed E-state index contributed by atoms with van der Waals surface area (Å²) in [5.74, 6) is 1.35. The summed E-state index contributed by atoms with van der Waals surface area (Å²) in [4.78, 5) is 22.3. The Hall–Kier alpha value is -2.83. The van der Waals surface area contributed by atoms with Crippen molar-refractivity contribution in [3.8, 4) is 5.75 Å². The van der Waals surface area contributed by atoms with Crippen LogP contribution in [0.15, 0.2) is 36.5 Å². The molecule has 2 heterocycles. The van der Waals surface area contributed by atoms with Gasteiger partial charge in [0.2, 0.25) is 5.95 Å². The lowest BCUT2D eigenvalue weighted by Gasteiger charge is -2.24. The molecule has 0 spiro atoms. The Bertz CT molecular complexity index is 765. The first-order chi connectivity index (χ1) is 12.0. The number of aromatic nitrogens is 2. The minimum atomic E-state index is -0.392. The van der Waals surface area contributed by atoms with Crippen molar-refractivity contribution < 1.29 is 14.6 Å². The Balaban J connectivity index is 1.82. The van der Waals surface area contributed by atoms with Crippen LogP contribution in [0.3, 0.4) is 0 Å². The highest BCUT2D eigenvalue weighted by Gasteiger charge is 2.37. The van der Waals surface area contributed by atoms with Gasteiger partial charge in [0.05, 0.1) is 12.1 Å². The molecular formula is C18H22N4O3. The number of carbonyl (C=O) groups is 1. The third-order valence-corrected chi connectivity index (χ3v) is 4.31. The van der Waals surface area contributed by atoms with Crippen LogP contribution in [-0.2, 0) is 4.74 Å². The molecule has 132 valence electrons. The second-order valence-electron chi connectivity index (χ2n) is 6.42. The predicted molar refractivity (Wildman–Crippen MR) is 94.6 cm³/mol. The molecule has 1 saturated heterocycles. The number of aromatic hydroxyl groups is 1. The van der Waals surface area contributed by atoms with Crippen molar-refractivity contribution in [2.24, 2.45) is 5.92 Å². The van der Waals surface area contributed by atoms with Gasteiger partial charge in [0.15, 0.2) is 0 Å². The van der Waals surface area contributed by atoms with Crippen molar-refractivity contribution in [3.63, 3.8) is 0 Å². The minimum Gasteiger partial charge on any atom is -0.508 e. The maximum atomic E-state index is 12.1. The van der Waals surface area contributed by atoms with Gasteiger partial charge in [0, 0.05) is 11.8 Å². The Morgan fingerprint density at radius 3 is 2.76 bits per heavy atom. The zero-order valence-electron chi connectivity index (χ0n) is 14.5. The van der Waals surface area contributed by atoms with E-state index in [4.69, 9.17) is 4.74 Å². The molecule has 3 rings (SSSR count). The van der Waals surface area contributed by atoms with Crippen molar-refractivity contribution in [1.82, 2.24) is 9.97 Å². The molecule has 1 unspecified atom stereocenters. The van der Waals surface area contributed by atoms with Crippen LogP contribution in [0.5, 0.6) is 5.75 Å². The number of para-hydroxylation sites is 1. The Morgan fingerprint density at radius 2 is 2.04 bits per heavy atom. The molecule has 1 fully saturated rings. The maximum absolute atomic E-state index is 12.1. The molecule has 7 nitrogen and oxygen atoms in total. The van der Waals surface area contributed by atoms with Gasteiger partial charge in [-0.05, 0) is 25.0 Å². The summed E-state index contributed by atoms with van der Waals surface area (Å²) in [5, 5.41) is 13.1. The number of phenolic OH excluding ortho intramolecular Hbond substituents is 1. The SMILES string of the molecule is CC(Nc1nccc(N2C(=O)OC[C@@H]2C(C)C)n1)c1ccccc1O. The molecule has 1 aliphatic heterocycles. The number of hydrogen-bond donors (Lipinski definition) is 2. The van der Waals surface area contributed by atoms with Crippen molar-refractivity contribution in [1.29, 1.82) is 0 Å². The quantitative estimate of drug-likeness (QED) is 0.866. The number of phenols is 1. The van der Waals surface area contributed by atoms with Gasteiger partial charge >= 0.3 is 6.09 Å². The average Bonchev–Trinajstić information content (AvgIpc) is 2.97. The number of ether oxygens (including phenoxy) is 1. The van der Waals surface area contributed by atoms with E-state index < -0.39 is 6.09 Å². The van der Waals surface area contributed by atoms with Crippen LogP contribution in [0.25, 0.3) is 0 Å². The average molecular weight is 342 g/mol. The summed E-state index contributed by atoms with van der Waals surface area (Å²) >= 11 is 0. The van der Waals surface area contributed by atoms with Crippen molar-refractivity contribution >= 4 is 17.9 Å². The van der Waals surface area contributed by atoms with Gasteiger partial charge in [0.25, 0.3) is 0 Å². The summed E-state index contributed by atoms with van der Waals surface area (Å²) in [7, 11) is 0. The van der Waals surface area contributed by atoms with E-state index in [1.807, 2.05) is 32.9 Å². The summed E-state index contributed by atoms with van der Waals surface area (Å²) in [5.41, 5.74) is 0.747. The second-order valence-corrected chi connectivity index (χ2v) is 6.42. The zero-order valence-corrected chi connectivity index (χ0v) is 14.5. The maximum Gasteiger partial charge on any atom is 0.415 e. The van der Waals surface area contributed by atoms with Crippen LogP contribution in [0, 0.1) is 5.92 Å². The van der Waals surface area contributed by atoms with Gasteiger partial charge in [-0.1, -0.05) is 32.0 Å². The summed E-state index contributed by atoms with van der Waals surface area (Å²) in [6, 6.07) is 8.55. The number of cyclic esters (lactones) is 1. The lowest BCUT2D eigenvalue weighted by atomic mass is 10.0. The molecule has 2 aromatic rings.